The molecule has 4 heteroatoms. The first-order valence-electron chi connectivity index (χ1n) is 6.20. The molecule has 0 unspecified atom stereocenters. The molecule has 1 heterocycles. The molecule has 100 valence electrons. The van der Waals surface area contributed by atoms with Gasteiger partial charge in [-0.1, -0.05) is 12.1 Å². The molecule has 0 radical (unpaired) electrons. The Morgan fingerprint density at radius 2 is 2.11 bits per heavy atom. The highest BCUT2D eigenvalue weighted by Crippen LogP contribution is 2.19. The molecule has 0 fully saturated rings. The van der Waals surface area contributed by atoms with Crippen molar-refractivity contribution in [1.29, 1.82) is 0 Å². The topological polar surface area (TPSA) is 65.5 Å². The van der Waals surface area contributed by atoms with Crippen LogP contribution in [0.15, 0.2) is 40.8 Å². The Hall–Kier alpha value is -2.07. The molecular weight excluding hydrogens is 242 g/mol. The Bertz CT molecular complexity index is 572. The van der Waals surface area contributed by atoms with Gasteiger partial charge in [0.2, 0.25) is 5.78 Å². The maximum Gasteiger partial charge on any atom is 0.228 e. The number of carbonyl (C=O) groups excluding carboxylic acids is 1. The smallest absolute Gasteiger partial charge is 0.228 e. The molecule has 0 atom stereocenters. The Labute approximate surface area is 112 Å². The summed E-state index contributed by atoms with van der Waals surface area (Å²) in [5.74, 6) is 1.39. The molecular formula is C15H17NO3. The van der Waals surface area contributed by atoms with Crippen LogP contribution in [0.5, 0.6) is 5.75 Å². The van der Waals surface area contributed by atoms with Gasteiger partial charge in [-0.3, -0.25) is 4.79 Å². The molecule has 19 heavy (non-hydrogen) atoms. The van der Waals surface area contributed by atoms with E-state index < -0.39 is 0 Å². The first kappa shape index (κ1) is 13.4. The van der Waals surface area contributed by atoms with Gasteiger partial charge in [0.05, 0.1) is 12.6 Å². The molecule has 2 rings (SSSR count). The lowest BCUT2D eigenvalue weighted by Crippen LogP contribution is -2.07. The summed E-state index contributed by atoms with van der Waals surface area (Å²) < 4.78 is 10.9. The molecule has 1 aromatic carbocycles. The van der Waals surface area contributed by atoms with Crippen molar-refractivity contribution in [1.82, 2.24) is 0 Å². The summed E-state index contributed by atoms with van der Waals surface area (Å²) in [6.45, 7) is 4.16. The van der Waals surface area contributed by atoms with Crippen molar-refractivity contribution in [2.45, 2.75) is 26.5 Å². The van der Waals surface area contributed by atoms with Gasteiger partial charge in [-0.15, -0.1) is 0 Å². The summed E-state index contributed by atoms with van der Waals surface area (Å²) in [6.07, 6.45) is 0.0674. The Morgan fingerprint density at radius 1 is 1.32 bits per heavy atom. The van der Waals surface area contributed by atoms with Crippen LogP contribution in [0.4, 0.5) is 0 Å². The second-order valence-corrected chi connectivity index (χ2v) is 4.49. The Balaban J connectivity index is 2.23. The van der Waals surface area contributed by atoms with E-state index in [0.717, 1.165) is 0 Å². The highest BCUT2D eigenvalue weighted by atomic mass is 16.5. The number of nitrogens with two attached hydrogens (primary N) is 1. The predicted octanol–water partition coefficient (Wildman–Crippen LogP) is 2.76. The van der Waals surface area contributed by atoms with Crippen LogP contribution >= 0.6 is 0 Å². The number of furan rings is 1. The van der Waals surface area contributed by atoms with Crippen molar-refractivity contribution >= 4 is 5.78 Å². The van der Waals surface area contributed by atoms with E-state index in [1.807, 2.05) is 19.9 Å². The van der Waals surface area contributed by atoms with Crippen LogP contribution in [-0.4, -0.2) is 11.9 Å². The van der Waals surface area contributed by atoms with Gasteiger partial charge in [-0.2, -0.15) is 0 Å². The number of ketones is 1. The molecule has 4 nitrogen and oxygen atoms in total. The van der Waals surface area contributed by atoms with E-state index in [4.69, 9.17) is 14.9 Å². The normalized spacial score (nSPS) is 10.7. The van der Waals surface area contributed by atoms with Crippen LogP contribution in [0.1, 0.15) is 35.7 Å². The number of rotatable bonds is 5. The van der Waals surface area contributed by atoms with Crippen molar-refractivity contribution < 1.29 is 13.9 Å². The van der Waals surface area contributed by atoms with Gasteiger partial charge < -0.3 is 14.9 Å². The van der Waals surface area contributed by atoms with Gasteiger partial charge in [-0.25, -0.2) is 0 Å². The average molecular weight is 259 g/mol. The van der Waals surface area contributed by atoms with Crippen LogP contribution in [0, 0.1) is 0 Å². The SMILES string of the molecule is CC(C)Oc1cccc(C(=O)c2ccc(CN)o2)c1. The third kappa shape index (κ3) is 3.23. The van der Waals surface area contributed by atoms with Gasteiger partial charge in [0, 0.05) is 5.56 Å². The van der Waals surface area contributed by atoms with E-state index >= 15 is 0 Å². The van der Waals surface area contributed by atoms with Crippen molar-refractivity contribution in [3.63, 3.8) is 0 Å². The fourth-order valence-corrected chi connectivity index (χ4v) is 1.73. The van der Waals surface area contributed by atoms with Gasteiger partial charge in [-0.05, 0) is 38.1 Å². The lowest BCUT2D eigenvalue weighted by atomic mass is 10.1. The maximum absolute atomic E-state index is 12.2. The second-order valence-electron chi connectivity index (χ2n) is 4.49. The predicted molar refractivity (Wildman–Crippen MR) is 72.2 cm³/mol. The summed E-state index contributed by atoms with van der Waals surface area (Å²) >= 11 is 0. The van der Waals surface area contributed by atoms with Gasteiger partial charge in [0.25, 0.3) is 0 Å². The summed E-state index contributed by atoms with van der Waals surface area (Å²) in [5.41, 5.74) is 5.99. The lowest BCUT2D eigenvalue weighted by molar-refractivity contribution is 0.101. The largest absolute Gasteiger partial charge is 0.491 e. The molecule has 0 amide bonds. The van der Waals surface area contributed by atoms with Crippen LogP contribution in [-0.2, 0) is 6.54 Å². The minimum Gasteiger partial charge on any atom is -0.491 e. The van der Waals surface area contributed by atoms with Crippen LogP contribution in [0.2, 0.25) is 0 Å². The standard InChI is InChI=1S/C15H17NO3/c1-10(2)18-12-5-3-4-11(8-12)15(17)14-7-6-13(9-16)19-14/h3-8,10H,9,16H2,1-2H3. The molecule has 2 N–H and O–H groups in total. The highest BCUT2D eigenvalue weighted by molar-refractivity contribution is 6.07. The average Bonchev–Trinajstić information content (AvgIpc) is 2.86. The summed E-state index contributed by atoms with van der Waals surface area (Å²) in [5, 5.41) is 0. The van der Waals surface area contributed by atoms with E-state index in [0.29, 0.717) is 22.8 Å². The fourth-order valence-electron chi connectivity index (χ4n) is 1.73. The Kier molecular flexibility index (Phi) is 4.02. The zero-order chi connectivity index (χ0) is 13.8. The van der Waals surface area contributed by atoms with Crippen LogP contribution < -0.4 is 10.5 Å². The highest BCUT2D eigenvalue weighted by Gasteiger charge is 2.14. The minimum atomic E-state index is -0.172. The summed E-state index contributed by atoms with van der Waals surface area (Å²) in [7, 11) is 0. The molecule has 1 aromatic heterocycles. The third-order valence-corrected chi connectivity index (χ3v) is 2.55. The van der Waals surface area contributed by atoms with E-state index in [-0.39, 0.29) is 18.4 Å². The van der Waals surface area contributed by atoms with Crippen molar-refractivity contribution in [2.24, 2.45) is 5.73 Å². The van der Waals surface area contributed by atoms with E-state index in [2.05, 4.69) is 0 Å². The van der Waals surface area contributed by atoms with Crippen molar-refractivity contribution in [2.75, 3.05) is 0 Å². The summed E-state index contributed by atoms with van der Waals surface area (Å²) in [6, 6.07) is 10.4. The number of benzene rings is 1. The van der Waals surface area contributed by atoms with Gasteiger partial charge in [0.1, 0.15) is 11.5 Å². The zero-order valence-electron chi connectivity index (χ0n) is 11.1. The molecule has 0 saturated heterocycles. The number of hydrogen-bond donors (Lipinski definition) is 1. The van der Waals surface area contributed by atoms with Crippen LogP contribution in [0.3, 0.4) is 0 Å². The second kappa shape index (κ2) is 5.71. The fraction of sp³-hybridized carbons (Fsp3) is 0.267. The molecule has 2 aromatic rings. The molecule has 0 aliphatic rings. The number of carbonyl (C=O) groups is 1. The maximum atomic E-state index is 12.2. The molecule has 0 spiro atoms. The molecule has 0 bridgehead atoms. The number of ether oxygens (including phenoxy) is 1. The minimum absolute atomic E-state index is 0.0674. The molecule has 0 aliphatic heterocycles. The van der Waals surface area contributed by atoms with Gasteiger partial charge >= 0.3 is 0 Å². The van der Waals surface area contributed by atoms with E-state index in [1.165, 1.54) is 0 Å². The molecule has 0 aliphatic carbocycles. The van der Waals surface area contributed by atoms with Gasteiger partial charge in [0.15, 0.2) is 5.76 Å². The summed E-state index contributed by atoms with van der Waals surface area (Å²) in [4.78, 5) is 12.2. The quantitative estimate of drug-likeness (QED) is 0.838. The van der Waals surface area contributed by atoms with Crippen molar-refractivity contribution in [3.8, 4) is 5.75 Å². The van der Waals surface area contributed by atoms with Crippen molar-refractivity contribution in [3.05, 3.63) is 53.5 Å². The van der Waals surface area contributed by atoms with E-state index in [9.17, 15) is 4.79 Å². The lowest BCUT2D eigenvalue weighted by Gasteiger charge is -2.10. The zero-order valence-corrected chi connectivity index (χ0v) is 11.1. The monoisotopic (exact) mass is 259 g/mol. The first-order chi connectivity index (χ1) is 9.10. The Morgan fingerprint density at radius 3 is 2.74 bits per heavy atom. The number of hydrogen-bond acceptors (Lipinski definition) is 4. The molecule has 0 saturated carbocycles. The van der Waals surface area contributed by atoms with Crippen LogP contribution in [0.25, 0.3) is 0 Å². The van der Waals surface area contributed by atoms with E-state index in [1.54, 1.807) is 30.3 Å². The third-order valence-electron chi connectivity index (χ3n) is 2.55. The first-order valence-corrected chi connectivity index (χ1v) is 6.20.